The average Bonchev–Trinajstić information content (AvgIpc) is 2.20. The summed E-state index contributed by atoms with van der Waals surface area (Å²) in [6.07, 6.45) is 6.52. The Labute approximate surface area is 85.8 Å². The first-order valence-electron chi connectivity index (χ1n) is 5.09. The fourth-order valence-electron chi connectivity index (χ4n) is 2.17. The lowest BCUT2D eigenvalue weighted by molar-refractivity contribution is 0.410. The normalized spacial score (nSPS) is 21.3. The molecule has 0 atom stereocenters. The highest BCUT2D eigenvalue weighted by molar-refractivity contribution is 7.81. The van der Waals surface area contributed by atoms with Crippen LogP contribution in [0.3, 0.4) is 0 Å². The molecule has 0 amide bonds. The molecule has 1 aromatic rings. The zero-order valence-electron chi connectivity index (χ0n) is 7.87. The van der Waals surface area contributed by atoms with Gasteiger partial charge in [0.15, 0.2) is 0 Å². The summed E-state index contributed by atoms with van der Waals surface area (Å²) in [5.41, 5.74) is 1.40. The van der Waals surface area contributed by atoms with E-state index < -0.39 is 0 Å². The van der Waals surface area contributed by atoms with Crippen LogP contribution in [0.2, 0.25) is 0 Å². The van der Waals surface area contributed by atoms with Crippen molar-refractivity contribution in [2.75, 3.05) is 0 Å². The molecule has 13 heavy (non-hydrogen) atoms. The Bertz CT molecular complexity index is 260. The summed E-state index contributed by atoms with van der Waals surface area (Å²) in [4.78, 5) is 0. The molecule has 1 saturated carbocycles. The summed E-state index contributed by atoms with van der Waals surface area (Å²) in [5.74, 6) is 0. The lowest BCUT2D eigenvalue weighted by Crippen LogP contribution is -2.21. The molecular weight excluding hydrogens is 176 g/mol. The Kier molecular flexibility index (Phi) is 2.63. The smallest absolute Gasteiger partial charge is 0.0378 e. The number of rotatable bonds is 1. The highest BCUT2D eigenvalue weighted by atomic mass is 32.1. The molecule has 0 radical (unpaired) electrons. The zero-order valence-corrected chi connectivity index (χ0v) is 8.76. The predicted molar refractivity (Wildman–Crippen MR) is 60.2 cm³/mol. The molecular formula is C12H16S. The van der Waals surface area contributed by atoms with Gasteiger partial charge in [-0.25, -0.2) is 0 Å². The van der Waals surface area contributed by atoms with Gasteiger partial charge in [0, 0.05) is 4.75 Å². The van der Waals surface area contributed by atoms with Crippen LogP contribution in [0.4, 0.5) is 0 Å². The first-order chi connectivity index (χ1) is 6.31. The van der Waals surface area contributed by atoms with E-state index in [9.17, 15) is 0 Å². The van der Waals surface area contributed by atoms with E-state index in [0.29, 0.717) is 0 Å². The van der Waals surface area contributed by atoms with E-state index in [0.717, 1.165) is 0 Å². The highest BCUT2D eigenvalue weighted by Gasteiger charge is 2.29. The average molecular weight is 192 g/mol. The van der Waals surface area contributed by atoms with Crippen LogP contribution in [0.1, 0.15) is 37.7 Å². The largest absolute Gasteiger partial charge is 0.168 e. The molecule has 0 unspecified atom stereocenters. The van der Waals surface area contributed by atoms with Crippen LogP contribution < -0.4 is 0 Å². The number of hydrogen-bond donors (Lipinski definition) is 1. The Morgan fingerprint density at radius 3 is 2.15 bits per heavy atom. The molecule has 70 valence electrons. The van der Waals surface area contributed by atoms with E-state index >= 15 is 0 Å². The highest BCUT2D eigenvalue weighted by Crippen LogP contribution is 2.42. The minimum Gasteiger partial charge on any atom is -0.168 e. The van der Waals surface area contributed by atoms with Gasteiger partial charge in [0.05, 0.1) is 0 Å². The second-order valence-electron chi connectivity index (χ2n) is 3.96. The van der Waals surface area contributed by atoms with Crippen molar-refractivity contribution < 1.29 is 0 Å². The third-order valence-corrected chi connectivity index (χ3v) is 3.70. The molecule has 1 aliphatic carbocycles. The first kappa shape index (κ1) is 9.14. The van der Waals surface area contributed by atoms with Crippen molar-refractivity contribution in [1.29, 1.82) is 0 Å². The molecule has 0 bridgehead atoms. The van der Waals surface area contributed by atoms with Crippen LogP contribution in [-0.4, -0.2) is 0 Å². The molecule has 0 saturated heterocycles. The Hall–Kier alpha value is -0.430. The van der Waals surface area contributed by atoms with Gasteiger partial charge in [0.1, 0.15) is 0 Å². The standard InChI is InChI=1S/C12H16S/c13-12(9-5-2-6-10-12)11-7-3-1-4-8-11/h1,3-4,7-8,13H,2,5-6,9-10H2. The van der Waals surface area contributed by atoms with Crippen LogP contribution >= 0.6 is 12.6 Å². The lowest BCUT2D eigenvalue weighted by atomic mass is 9.83. The van der Waals surface area contributed by atoms with Gasteiger partial charge in [-0.15, -0.1) is 0 Å². The van der Waals surface area contributed by atoms with Gasteiger partial charge < -0.3 is 0 Å². The minimum atomic E-state index is 0.166. The molecule has 2 rings (SSSR count). The van der Waals surface area contributed by atoms with E-state index in [-0.39, 0.29) is 4.75 Å². The van der Waals surface area contributed by atoms with Gasteiger partial charge in [0.25, 0.3) is 0 Å². The van der Waals surface area contributed by atoms with Gasteiger partial charge in [-0.1, -0.05) is 49.6 Å². The van der Waals surface area contributed by atoms with Crippen LogP contribution in [-0.2, 0) is 4.75 Å². The predicted octanol–water partition coefficient (Wildman–Crippen LogP) is 3.78. The van der Waals surface area contributed by atoms with Gasteiger partial charge in [-0.2, -0.15) is 12.6 Å². The molecule has 1 fully saturated rings. The van der Waals surface area contributed by atoms with Gasteiger partial charge >= 0.3 is 0 Å². The SMILES string of the molecule is SC1(c2ccccc2)CCCCC1. The van der Waals surface area contributed by atoms with Crippen molar-refractivity contribution in [3.63, 3.8) is 0 Å². The Balaban J connectivity index is 2.23. The van der Waals surface area contributed by atoms with Gasteiger partial charge in [-0.3, -0.25) is 0 Å². The number of benzene rings is 1. The van der Waals surface area contributed by atoms with Gasteiger partial charge in [-0.05, 0) is 18.4 Å². The Morgan fingerprint density at radius 2 is 1.54 bits per heavy atom. The van der Waals surface area contributed by atoms with Crippen molar-refractivity contribution in [2.45, 2.75) is 36.9 Å². The van der Waals surface area contributed by atoms with Crippen molar-refractivity contribution in [3.8, 4) is 0 Å². The monoisotopic (exact) mass is 192 g/mol. The van der Waals surface area contributed by atoms with E-state index in [2.05, 4.69) is 30.3 Å². The van der Waals surface area contributed by atoms with Crippen LogP contribution in [0.5, 0.6) is 0 Å². The quantitative estimate of drug-likeness (QED) is 0.643. The van der Waals surface area contributed by atoms with Crippen LogP contribution in [0.25, 0.3) is 0 Å². The molecule has 0 N–H and O–H groups in total. The van der Waals surface area contributed by atoms with E-state index in [4.69, 9.17) is 12.6 Å². The molecule has 0 nitrogen and oxygen atoms in total. The first-order valence-corrected chi connectivity index (χ1v) is 5.54. The minimum absolute atomic E-state index is 0.166. The summed E-state index contributed by atoms with van der Waals surface area (Å²) in [5, 5.41) is 0. The molecule has 0 aromatic heterocycles. The van der Waals surface area contributed by atoms with Crippen LogP contribution in [0.15, 0.2) is 30.3 Å². The number of thiol groups is 1. The summed E-state index contributed by atoms with van der Waals surface area (Å²) < 4.78 is 0.166. The maximum absolute atomic E-state index is 4.84. The van der Waals surface area contributed by atoms with E-state index in [1.807, 2.05) is 0 Å². The summed E-state index contributed by atoms with van der Waals surface area (Å²) in [7, 11) is 0. The Morgan fingerprint density at radius 1 is 0.923 bits per heavy atom. The van der Waals surface area contributed by atoms with Crippen molar-refractivity contribution in [1.82, 2.24) is 0 Å². The summed E-state index contributed by atoms with van der Waals surface area (Å²) in [6.45, 7) is 0. The zero-order chi connectivity index (χ0) is 9.15. The molecule has 0 heterocycles. The number of hydrogen-bond acceptors (Lipinski definition) is 1. The third-order valence-electron chi connectivity index (χ3n) is 2.99. The maximum atomic E-state index is 4.84. The lowest BCUT2D eigenvalue weighted by Gasteiger charge is -2.33. The second kappa shape index (κ2) is 3.75. The fraction of sp³-hybridized carbons (Fsp3) is 0.500. The summed E-state index contributed by atoms with van der Waals surface area (Å²) in [6, 6.07) is 10.7. The maximum Gasteiger partial charge on any atom is 0.0378 e. The summed E-state index contributed by atoms with van der Waals surface area (Å²) >= 11 is 4.84. The topological polar surface area (TPSA) is 0 Å². The molecule has 0 spiro atoms. The second-order valence-corrected chi connectivity index (χ2v) is 4.81. The van der Waals surface area contributed by atoms with E-state index in [1.165, 1.54) is 37.7 Å². The molecule has 1 aliphatic rings. The molecule has 1 aromatic carbocycles. The molecule has 0 aliphatic heterocycles. The van der Waals surface area contributed by atoms with Gasteiger partial charge in [0.2, 0.25) is 0 Å². The van der Waals surface area contributed by atoms with Crippen molar-refractivity contribution in [3.05, 3.63) is 35.9 Å². The fourth-order valence-corrected chi connectivity index (χ4v) is 2.64. The molecule has 1 heteroatoms. The van der Waals surface area contributed by atoms with Crippen LogP contribution in [0, 0.1) is 0 Å². The van der Waals surface area contributed by atoms with Crippen molar-refractivity contribution in [2.24, 2.45) is 0 Å². The third kappa shape index (κ3) is 1.91. The van der Waals surface area contributed by atoms with E-state index in [1.54, 1.807) is 0 Å². The van der Waals surface area contributed by atoms with Crippen molar-refractivity contribution >= 4 is 12.6 Å².